The number of benzene rings is 1. The van der Waals surface area contributed by atoms with Gasteiger partial charge in [0.15, 0.2) is 6.29 Å². The zero-order chi connectivity index (χ0) is 62.0. The maximum Gasteiger partial charge on any atom is 0.317 e. The van der Waals surface area contributed by atoms with Crippen LogP contribution in [0.2, 0.25) is 0 Å². The minimum Gasteiger partial charge on any atom is -0.480 e. The zero-order valence-corrected chi connectivity index (χ0v) is 49.1. The summed E-state index contributed by atoms with van der Waals surface area (Å²) in [6.07, 6.45) is 10.8. The first kappa shape index (κ1) is 71.9. The van der Waals surface area contributed by atoms with Crippen LogP contribution in [0.15, 0.2) is 18.2 Å². The Labute approximate surface area is 493 Å². The Morgan fingerprint density at radius 2 is 0.857 bits per heavy atom. The molecule has 0 aromatic heterocycles. The van der Waals surface area contributed by atoms with Crippen molar-refractivity contribution >= 4 is 53.5 Å². The summed E-state index contributed by atoms with van der Waals surface area (Å²) in [5.41, 5.74) is 2.83. The van der Waals surface area contributed by atoms with E-state index in [2.05, 4.69) is 33.3 Å². The average Bonchev–Trinajstić information content (AvgIpc) is 3.42. The predicted octanol–water partition coefficient (Wildman–Crippen LogP) is -2.15. The molecule has 27 heteroatoms. The maximum absolute atomic E-state index is 13.4. The van der Waals surface area contributed by atoms with Crippen molar-refractivity contribution in [2.45, 2.75) is 90.4 Å². The first-order chi connectivity index (χ1) is 40.0. The average molecular weight is 1190 g/mol. The lowest BCUT2D eigenvalue weighted by molar-refractivity contribution is -0.140. The number of unbranched alkanes of at least 4 members (excludes halogenated alkanes) is 2. The maximum atomic E-state index is 13.4. The number of terminal acetylenes is 1. The Bertz CT molecular complexity index is 2240. The van der Waals surface area contributed by atoms with Gasteiger partial charge in [-0.25, -0.2) is 0 Å². The highest BCUT2D eigenvalue weighted by atomic mass is 16.5. The van der Waals surface area contributed by atoms with Crippen LogP contribution in [-0.4, -0.2) is 293 Å². The number of β-amino-alcohol motifs (C(OH)–C–C–N with tert-alkyl or cyclic N) is 2. The van der Waals surface area contributed by atoms with Crippen molar-refractivity contribution in [1.82, 2.24) is 55.6 Å². The number of nitrogens with zero attached hydrogens (tertiary/aromatic N) is 7. The summed E-state index contributed by atoms with van der Waals surface area (Å²) in [7, 11) is 0. The van der Waals surface area contributed by atoms with Crippen molar-refractivity contribution in [3.05, 3.63) is 34.9 Å². The molecule has 1 aromatic rings. The van der Waals surface area contributed by atoms with Gasteiger partial charge < -0.3 is 57.0 Å². The largest absolute Gasteiger partial charge is 0.480 e. The summed E-state index contributed by atoms with van der Waals surface area (Å²) >= 11 is 0. The molecule has 1 aromatic carbocycles. The second-order valence-electron chi connectivity index (χ2n) is 21.9. The van der Waals surface area contributed by atoms with E-state index in [4.69, 9.17) is 6.42 Å². The van der Waals surface area contributed by atoms with Gasteiger partial charge in [-0.15, -0.1) is 6.42 Å². The minimum atomic E-state index is -1.61. The summed E-state index contributed by atoms with van der Waals surface area (Å²) in [5.74, 6) is -4.49. The van der Waals surface area contributed by atoms with Crippen molar-refractivity contribution in [2.24, 2.45) is 11.8 Å². The van der Waals surface area contributed by atoms with E-state index in [-0.39, 0.29) is 128 Å². The van der Waals surface area contributed by atoms with E-state index in [0.717, 1.165) is 29.5 Å². The van der Waals surface area contributed by atoms with E-state index in [0.29, 0.717) is 104 Å². The van der Waals surface area contributed by atoms with Crippen LogP contribution in [0.5, 0.6) is 0 Å². The molecular formula is C57H93N11O16. The van der Waals surface area contributed by atoms with E-state index >= 15 is 0 Å². The molecule has 0 spiro atoms. The van der Waals surface area contributed by atoms with Crippen LogP contribution in [0.25, 0.3) is 0 Å². The molecule has 0 saturated carbocycles. The fourth-order valence-electron chi connectivity index (χ4n) is 10.4. The summed E-state index contributed by atoms with van der Waals surface area (Å²) < 4.78 is 0. The van der Waals surface area contributed by atoms with E-state index in [9.17, 15) is 78.9 Å². The molecule has 2 fully saturated rings. The van der Waals surface area contributed by atoms with Crippen molar-refractivity contribution in [3.8, 4) is 12.3 Å². The standard InChI is InChI=1S/C57H93N11O16/c1-4-44-31-45(11-5-7-15-58-48(69)34-60-56(83)42(2)47-13-9-17-62(36-50(71)72)19-21-64(38-52(75)76)22-20-63(18-10-14-47)37-51(73)74)33-46(32-44)12-6-8-16-59-49(70)35-61-57(84)43(3)68-29-27-66(40-54(79)80)25-23-65(39-53(77)78)24-26-67(28-30-68)41-55(81)82/h1,31-33,42-43,47,52,75-76H,5-30,34-41H2,2-3H3,(H,58,69)(H,59,70)(H,60,83)(H,61,84)(H,71,72)(H,73,74)(H,77,78)(H,79,80)(H,81,82). The molecule has 2 unspecified atom stereocenters. The van der Waals surface area contributed by atoms with Gasteiger partial charge >= 0.3 is 29.8 Å². The van der Waals surface area contributed by atoms with Gasteiger partial charge in [-0.1, -0.05) is 18.9 Å². The number of aliphatic hydroxyl groups excluding tert-OH is 1. The number of amides is 4. The lowest BCUT2D eigenvalue weighted by atomic mass is 9.85. The molecule has 0 radical (unpaired) electrons. The second kappa shape index (κ2) is 40.1. The zero-order valence-electron chi connectivity index (χ0n) is 49.1. The smallest absolute Gasteiger partial charge is 0.317 e. The van der Waals surface area contributed by atoms with E-state index in [1.807, 2.05) is 17.0 Å². The van der Waals surface area contributed by atoms with Crippen molar-refractivity contribution in [1.29, 1.82) is 0 Å². The number of aliphatic hydroxyl groups is 2. The normalized spacial score (nSPS) is 18.0. The number of hydrogen-bond acceptors (Lipinski definition) is 18. The molecule has 2 aliphatic rings. The van der Waals surface area contributed by atoms with Crippen LogP contribution in [0.4, 0.5) is 0 Å². The number of nitrogens with one attached hydrogen (secondary N) is 4. The number of aliphatic carboxylic acids is 5. The number of hydrogen-bond donors (Lipinski definition) is 11. The van der Waals surface area contributed by atoms with Crippen LogP contribution in [0.1, 0.15) is 81.9 Å². The molecule has 4 amide bonds. The molecule has 2 aliphatic heterocycles. The first-order valence-corrected chi connectivity index (χ1v) is 29.2. The quantitative estimate of drug-likeness (QED) is 0.0222. The van der Waals surface area contributed by atoms with E-state index < -0.39 is 54.0 Å². The molecule has 2 saturated heterocycles. The number of carboxylic acids is 5. The molecule has 27 nitrogen and oxygen atoms in total. The number of carboxylic acid groups (broad SMARTS) is 5. The van der Waals surface area contributed by atoms with Crippen LogP contribution >= 0.6 is 0 Å². The molecule has 0 bridgehead atoms. The van der Waals surface area contributed by atoms with Gasteiger partial charge in [0.1, 0.15) is 0 Å². The van der Waals surface area contributed by atoms with Gasteiger partial charge in [-0.3, -0.25) is 77.5 Å². The number of carbonyl (C=O) groups excluding carboxylic acids is 4. The summed E-state index contributed by atoms with van der Waals surface area (Å²) in [6, 6.07) is 5.25. The lowest BCUT2D eigenvalue weighted by Gasteiger charge is -2.35. The van der Waals surface area contributed by atoms with Gasteiger partial charge in [-0.05, 0) is 113 Å². The highest BCUT2D eigenvalue weighted by Crippen LogP contribution is 2.25. The Morgan fingerprint density at radius 3 is 1.23 bits per heavy atom. The van der Waals surface area contributed by atoms with Crippen molar-refractivity contribution < 1.29 is 78.9 Å². The van der Waals surface area contributed by atoms with E-state index in [1.54, 1.807) is 43.2 Å². The molecule has 3 rings (SSSR count). The summed E-state index contributed by atoms with van der Waals surface area (Å²) in [4.78, 5) is 123. The van der Waals surface area contributed by atoms with Crippen LogP contribution in [0, 0.1) is 24.2 Å². The monoisotopic (exact) mass is 1190 g/mol. The fourth-order valence-corrected chi connectivity index (χ4v) is 10.4. The van der Waals surface area contributed by atoms with Crippen molar-refractivity contribution in [3.63, 3.8) is 0 Å². The Balaban J connectivity index is 1.42. The highest BCUT2D eigenvalue weighted by molar-refractivity contribution is 5.87. The second-order valence-corrected chi connectivity index (χ2v) is 21.9. The summed E-state index contributed by atoms with van der Waals surface area (Å²) in [6.45, 7) is 6.60. The summed E-state index contributed by atoms with van der Waals surface area (Å²) in [5, 5.41) is 78.1. The lowest BCUT2D eigenvalue weighted by Crippen LogP contribution is -2.53. The number of aryl methyl sites for hydroxylation is 2. The van der Waals surface area contributed by atoms with Gasteiger partial charge in [0.25, 0.3) is 0 Å². The molecule has 472 valence electrons. The SMILES string of the molecule is C#Cc1cc(CCCCNC(=O)CNC(=O)C(C)C2CCCN(CC(=O)O)CCN(CC(O)O)CCN(CC(=O)O)CCC2)cc(CCCCNC(=O)CNC(=O)C(C)N2CCN(CC(=O)O)CCN(CC(=O)O)CCN(CC(=O)O)CC2)c1. The first-order valence-electron chi connectivity index (χ1n) is 29.2. The molecular weight excluding hydrogens is 1090 g/mol. The van der Waals surface area contributed by atoms with Crippen molar-refractivity contribution in [2.75, 3.05) is 157 Å². The van der Waals surface area contributed by atoms with Gasteiger partial charge in [0.05, 0.1) is 51.9 Å². The third-order valence-electron chi connectivity index (χ3n) is 15.2. The predicted molar refractivity (Wildman–Crippen MR) is 309 cm³/mol. The number of carbonyl (C=O) groups is 9. The van der Waals surface area contributed by atoms with Gasteiger partial charge in [0.2, 0.25) is 23.6 Å². The van der Waals surface area contributed by atoms with Crippen LogP contribution in [-0.2, 0) is 56.0 Å². The number of rotatable bonds is 30. The highest BCUT2D eigenvalue weighted by Gasteiger charge is 2.28. The molecule has 2 atom stereocenters. The van der Waals surface area contributed by atoms with Gasteiger partial charge in [-0.2, -0.15) is 0 Å². The molecule has 11 N–H and O–H groups in total. The minimum absolute atomic E-state index is 0.0656. The van der Waals surface area contributed by atoms with Crippen LogP contribution in [0.3, 0.4) is 0 Å². The van der Waals surface area contributed by atoms with E-state index in [1.165, 1.54) is 0 Å². The Hall–Kier alpha value is -6.35. The van der Waals surface area contributed by atoms with Gasteiger partial charge in [0, 0.05) is 110 Å². The molecule has 2 heterocycles. The topological polar surface area (TPSA) is 366 Å². The van der Waals surface area contributed by atoms with Crippen LogP contribution < -0.4 is 21.3 Å². The Morgan fingerprint density at radius 1 is 0.500 bits per heavy atom. The fraction of sp³-hybridized carbons (Fsp3) is 0.702. The third kappa shape index (κ3) is 31.5. The Kier molecular flexibility index (Phi) is 34.3. The molecule has 84 heavy (non-hydrogen) atoms. The third-order valence-corrected chi connectivity index (χ3v) is 15.2. The molecule has 0 aliphatic carbocycles.